The van der Waals surface area contributed by atoms with Gasteiger partial charge in [0.05, 0.1) is 42.0 Å². The Morgan fingerprint density at radius 3 is 1.02 bits per heavy atom. The quantitative estimate of drug-likeness (QED) is 0.0598. The smallest absolute Gasteiger partial charge is 0.328 e. The number of hydrogen-bond donors (Lipinski definition) is 2. The van der Waals surface area contributed by atoms with E-state index in [1.165, 1.54) is 81.1 Å². The van der Waals surface area contributed by atoms with Crippen LogP contribution in [0.4, 0.5) is 17.1 Å². The number of nitrogens with one attached hydrogen (secondary N) is 2. The minimum Gasteiger partial charge on any atom is -0.497 e. The maximum atomic E-state index is 11.6. The van der Waals surface area contributed by atoms with Gasteiger partial charge in [0.2, 0.25) is 65.0 Å². The Hall–Kier alpha value is -12.6. The molecule has 1 unspecified atom stereocenters. The molecule has 0 radical (unpaired) electrons. The van der Waals surface area contributed by atoms with E-state index >= 15 is 0 Å². The zero-order valence-electron chi connectivity index (χ0n) is 78.9. The lowest BCUT2D eigenvalue weighted by Gasteiger charge is -2.25. The first-order chi connectivity index (χ1) is 58.8. The molecule has 0 spiro atoms. The van der Waals surface area contributed by atoms with Crippen molar-refractivity contribution in [3.05, 3.63) is 186 Å². The minimum absolute atomic E-state index is 0.0187. The highest BCUT2D eigenvalue weighted by Gasteiger charge is 2.26. The number of aryl methyl sites for hydroxylation is 1. The Morgan fingerprint density at radius 2 is 0.688 bits per heavy atom. The summed E-state index contributed by atoms with van der Waals surface area (Å²) in [5.74, 6) is 0.952. The molecular formula is C93H141N13O19. The van der Waals surface area contributed by atoms with Crippen molar-refractivity contribution in [1.29, 1.82) is 0 Å². The molecule has 0 saturated carbocycles. The summed E-state index contributed by atoms with van der Waals surface area (Å²) in [6, 6.07) is 51.4. The van der Waals surface area contributed by atoms with Crippen LogP contribution < -0.4 is 34.8 Å². The molecular weight excluding hydrogens is 1600 g/mol. The van der Waals surface area contributed by atoms with Crippen LogP contribution in [0.15, 0.2) is 164 Å². The van der Waals surface area contributed by atoms with Crippen LogP contribution in [0.25, 0.3) is 0 Å². The van der Waals surface area contributed by atoms with Crippen molar-refractivity contribution >= 4 is 99.9 Å². The van der Waals surface area contributed by atoms with Crippen LogP contribution in [0, 0.1) is 6.92 Å². The summed E-state index contributed by atoms with van der Waals surface area (Å²) in [6.07, 6.45) is 1.80. The summed E-state index contributed by atoms with van der Waals surface area (Å²) in [5.41, 5.74) is 7.20. The van der Waals surface area contributed by atoms with Crippen LogP contribution in [0.1, 0.15) is 111 Å². The number of carbonyl (C=O) groups excluding carboxylic acids is 14. The fraction of sp³-hybridized carbons (Fsp3) is 0.462. The van der Waals surface area contributed by atoms with Gasteiger partial charge in [0.25, 0.3) is 0 Å². The Labute approximate surface area is 742 Å². The van der Waals surface area contributed by atoms with Gasteiger partial charge in [-0.15, -0.1) is 0 Å². The predicted molar refractivity (Wildman–Crippen MR) is 490 cm³/mol. The number of esters is 3. The Balaban J connectivity index is -0.00000132. The van der Waals surface area contributed by atoms with Crippen LogP contribution >= 0.6 is 0 Å². The van der Waals surface area contributed by atoms with Gasteiger partial charge in [-0.2, -0.15) is 0 Å². The SMILES string of the molecule is CC(=O)N(C)C.CC(=O)N(C)Cc1ccccc1.CC(=O)N(C)c1ccc(C)cc1.CC(=O)N(C)c1ccccc1.CC(=O)N1CCCNCC1.CC(=O)N1CCNCC1.COC(=O)C(Cc1ccccc1)N(C)C(C)=O.COC(=O)CCN(C)C(C)=O.COC(=O)CN(C)C(C)=O.COc1ccc(CN(C)C(C)=O)cc1.COc1ccc(N(C)C(C)=O)cc1. The summed E-state index contributed by atoms with van der Waals surface area (Å²) >= 11 is 0. The average molecular weight is 1750 g/mol. The number of hydrogen-bond acceptors (Lipinski definition) is 21. The molecule has 2 heterocycles. The molecule has 2 N–H and O–H groups in total. The fourth-order valence-electron chi connectivity index (χ4n) is 9.46. The molecule has 6 aromatic carbocycles. The highest BCUT2D eigenvalue weighted by Crippen LogP contribution is 2.19. The molecule has 2 saturated heterocycles. The summed E-state index contributed by atoms with van der Waals surface area (Å²) in [6.45, 7) is 28.0. The lowest BCUT2D eigenvalue weighted by atomic mass is 10.1. The van der Waals surface area contributed by atoms with Crippen molar-refractivity contribution in [2.75, 3.05) is 186 Å². The first-order valence-corrected chi connectivity index (χ1v) is 40.4. The van der Waals surface area contributed by atoms with E-state index in [1.54, 1.807) is 151 Å². The number of ether oxygens (including phenoxy) is 5. The Bertz CT molecular complexity index is 4110. The van der Waals surface area contributed by atoms with Crippen molar-refractivity contribution in [2.24, 2.45) is 0 Å². The molecule has 692 valence electrons. The van der Waals surface area contributed by atoms with Crippen LogP contribution in [0.2, 0.25) is 0 Å². The van der Waals surface area contributed by atoms with E-state index in [0.29, 0.717) is 26.1 Å². The monoisotopic (exact) mass is 1740 g/mol. The van der Waals surface area contributed by atoms with Crippen molar-refractivity contribution in [1.82, 2.24) is 49.8 Å². The van der Waals surface area contributed by atoms with Crippen molar-refractivity contribution in [3.8, 4) is 11.5 Å². The second kappa shape index (κ2) is 67.9. The van der Waals surface area contributed by atoms with E-state index in [4.69, 9.17) is 14.2 Å². The van der Waals surface area contributed by atoms with Gasteiger partial charge in [0.15, 0.2) is 0 Å². The van der Waals surface area contributed by atoms with Gasteiger partial charge < -0.3 is 88.2 Å². The number of carbonyl (C=O) groups is 14. The van der Waals surface area contributed by atoms with Crippen LogP contribution in [0.5, 0.6) is 11.5 Å². The van der Waals surface area contributed by atoms with Crippen LogP contribution in [-0.4, -0.2) is 300 Å². The number of anilines is 3. The first kappa shape index (κ1) is 117. The third-order valence-corrected chi connectivity index (χ3v) is 18.6. The fourth-order valence-corrected chi connectivity index (χ4v) is 9.46. The van der Waals surface area contributed by atoms with Crippen molar-refractivity contribution < 1.29 is 90.8 Å². The number of piperazine rings is 1. The summed E-state index contributed by atoms with van der Waals surface area (Å²) in [4.78, 5) is 169. The topological polar surface area (TPSA) is 345 Å². The van der Waals surface area contributed by atoms with Crippen molar-refractivity contribution in [3.63, 3.8) is 0 Å². The van der Waals surface area contributed by atoms with Crippen LogP contribution in [0.3, 0.4) is 0 Å². The molecule has 0 aliphatic carbocycles. The average Bonchev–Trinajstić information content (AvgIpc) is 0.977. The van der Waals surface area contributed by atoms with Gasteiger partial charge in [-0.1, -0.05) is 109 Å². The first-order valence-electron chi connectivity index (χ1n) is 40.4. The second-order valence-electron chi connectivity index (χ2n) is 28.5. The largest absolute Gasteiger partial charge is 0.497 e. The van der Waals surface area contributed by atoms with Gasteiger partial charge in [-0.05, 0) is 97.2 Å². The van der Waals surface area contributed by atoms with E-state index in [0.717, 1.165) is 104 Å². The number of methoxy groups -OCH3 is 5. The minimum atomic E-state index is -0.570. The summed E-state index contributed by atoms with van der Waals surface area (Å²) in [5, 5.41) is 6.41. The third kappa shape index (κ3) is 56.7. The lowest BCUT2D eigenvalue weighted by molar-refractivity contribution is -0.151. The van der Waals surface area contributed by atoms with E-state index in [1.807, 2.05) is 181 Å². The number of amides is 11. The number of para-hydroxylation sites is 1. The van der Waals surface area contributed by atoms with Crippen molar-refractivity contribution in [2.45, 2.75) is 121 Å². The maximum absolute atomic E-state index is 11.6. The van der Waals surface area contributed by atoms with E-state index in [9.17, 15) is 67.1 Å². The third-order valence-electron chi connectivity index (χ3n) is 18.6. The summed E-state index contributed by atoms with van der Waals surface area (Å²) in [7, 11) is 24.3. The van der Waals surface area contributed by atoms with Crippen LogP contribution in [-0.2, 0) is 101 Å². The zero-order valence-corrected chi connectivity index (χ0v) is 78.9. The molecule has 6 aromatic rings. The van der Waals surface area contributed by atoms with Gasteiger partial charge in [-0.25, -0.2) is 4.79 Å². The molecule has 0 aromatic heterocycles. The van der Waals surface area contributed by atoms with E-state index in [2.05, 4.69) is 20.1 Å². The molecule has 32 nitrogen and oxygen atoms in total. The lowest BCUT2D eigenvalue weighted by Crippen LogP contribution is -2.45. The molecule has 0 bridgehead atoms. The molecule has 32 heteroatoms. The standard InChI is InChI=1S/C13H17NO3.C11H15NO2.C10H13NO2.2C10H13NO.C9H11NO.C7H14N2O.C7H13NO3.C6H12N2O.C6H11NO3.C4H9NO/c1-10(15)14(2)12(13(16)17-3)9-11-7-5-4-6-8-11;1-9(13)12(2)8-10-4-6-11(14-3)7-5-10;1-8(12)11(2)9-4-6-10(13-3)7-5-9;1-8-4-6-10(7-5-8)11(3)9(2)12;1-9(12)11(2)8-10-6-4-3-5-7-10;1-8(11)10(2)9-6-4-3-5-7-9;1-7(10)9-5-2-3-8-4-6-9;1-6(9)8(2)5-4-7(10)11-3;1-6(9)8-4-2-7-3-5-8;1-5(8)7(2)4-6(9)10-3;1-4(6)5(2)3/h4-8,12H,9H2,1-3H3;4-7H,8H2,1-3H3;4-7H,1-3H3;4-7H,1-3H3;3-7H,8H2,1-2H3;3-7H,1-2H3;8H,2-6H2,1H3;4-5H2,1-3H3;7H,2-5H2,1H3;4H2,1-3H3;1-3H3. The Kier molecular flexibility index (Phi) is 63.3. The maximum Gasteiger partial charge on any atom is 0.328 e. The number of nitrogens with zero attached hydrogens (tertiary/aromatic N) is 11. The molecule has 11 amide bonds. The number of rotatable bonds is 18. The van der Waals surface area contributed by atoms with Gasteiger partial charge >= 0.3 is 17.9 Å². The molecule has 125 heavy (non-hydrogen) atoms. The Morgan fingerprint density at radius 1 is 0.352 bits per heavy atom. The summed E-state index contributed by atoms with van der Waals surface area (Å²) < 4.78 is 23.5. The second-order valence-corrected chi connectivity index (χ2v) is 28.5. The van der Waals surface area contributed by atoms with Gasteiger partial charge in [-0.3, -0.25) is 62.3 Å². The van der Waals surface area contributed by atoms with Gasteiger partial charge in [0, 0.05) is 236 Å². The zero-order chi connectivity index (χ0) is 95.9. The normalized spacial score (nSPS) is 11.2. The highest BCUT2D eigenvalue weighted by atomic mass is 16.5. The number of likely N-dealkylation sites (N-methyl/N-ethyl adjacent to an activating group) is 2. The molecule has 2 fully saturated rings. The number of benzene rings is 6. The van der Waals surface area contributed by atoms with E-state index in [-0.39, 0.29) is 83.9 Å². The van der Waals surface area contributed by atoms with E-state index < -0.39 is 18.0 Å². The predicted octanol–water partition coefficient (Wildman–Crippen LogP) is 8.94. The molecule has 1 atom stereocenters. The molecule has 2 aliphatic rings. The molecule has 2 aliphatic heterocycles. The highest BCUT2D eigenvalue weighted by molar-refractivity contribution is 5.92. The molecule has 8 rings (SSSR count). The van der Waals surface area contributed by atoms with Gasteiger partial charge in [0.1, 0.15) is 24.1 Å².